The quantitative estimate of drug-likeness (QED) is 0.611. The molecule has 5 rings (SSSR count). The van der Waals surface area contributed by atoms with Crippen LogP contribution in [0.1, 0.15) is 36.8 Å². The normalized spacial score (nSPS) is 22.0. The largest absolute Gasteiger partial charge is 0.501 e. The number of amides is 3. The van der Waals surface area contributed by atoms with Crippen LogP contribution in [-0.2, 0) is 28.4 Å². The van der Waals surface area contributed by atoms with Gasteiger partial charge in [-0.2, -0.15) is 19.4 Å². The molecule has 3 heterocycles. The fraction of sp³-hybridized carbons (Fsp3) is 0.409. The van der Waals surface area contributed by atoms with E-state index in [1.807, 2.05) is 6.92 Å². The first-order valence-corrected chi connectivity index (χ1v) is 12.3. The van der Waals surface area contributed by atoms with Crippen molar-refractivity contribution in [3.63, 3.8) is 0 Å². The second-order valence-corrected chi connectivity index (χ2v) is 10.9. The molecule has 1 fully saturated rings. The third kappa shape index (κ3) is 3.82. The van der Waals surface area contributed by atoms with Gasteiger partial charge in [0.05, 0.1) is 23.8 Å². The number of carbonyl (C=O) groups is 2. The zero-order valence-corrected chi connectivity index (χ0v) is 20.1. The van der Waals surface area contributed by atoms with Gasteiger partial charge in [-0.15, -0.1) is 0 Å². The molecule has 11 nitrogen and oxygen atoms in total. The van der Waals surface area contributed by atoms with Gasteiger partial charge in [0.2, 0.25) is 10.0 Å². The molecule has 0 bridgehead atoms. The molecule has 0 aromatic carbocycles. The summed E-state index contributed by atoms with van der Waals surface area (Å²) in [7, 11) is -0.597. The Labute approximate surface area is 196 Å². The molecule has 3 aliphatic rings. The average molecular weight is 486 g/mol. The number of urea groups is 1. The molecule has 2 aromatic rings. The molecule has 1 saturated carbocycles. The van der Waals surface area contributed by atoms with Crippen LogP contribution < -0.4 is 4.72 Å². The van der Waals surface area contributed by atoms with E-state index >= 15 is 0 Å². The number of aromatic nitrogens is 3. The third-order valence-electron chi connectivity index (χ3n) is 6.30. The maximum Gasteiger partial charge on any atom is 0.501 e. The number of fused-ring (bicyclic) bond motifs is 1. The van der Waals surface area contributed by atoms with Crippen LogP contribution in [0.3, 0.4) is 0 Å². The van der Waals surface area contributed by atoms with Crippen LogP contribution in [0, 0.1) is 12.8 Å². The van der Waals surface area contributed by atoms with Crippen LogP contribution in [0.5, 0.6) is 0 Å². The van der Waals surface area contributed by atoms with Crippen LogP contribution in [0.2, 0.25) is 0 Å². The molecule has 1 atom stereocenters. The lowest BCUT2D eigenvalue weighted by molar-refractivity contribution is -0.406. The number of carbonyl (C=O) groups excluding carboxylic acids is 2. The van der Waals surface area contributed by atoms with E-state index in [1.54, 1.807) is 44.2 Å². The van der Waals surface area contributed by atoms with Crippen molar-refractivity contribution in [1.29, 1.82) is 0 Å². The van der Waals surface area contributed by atoms with Crippen LogP contribution in [-0.4, -0.2) is 63.1 Å². The fourth-order valence-electron chi connectivity index (χ4n) is 4.22. The first kappa shape index (κ1) is 22.4. The van der Waals surface area contributed by atoms with Crippen LogP contribution in [0.4, 0.5) is 4.79 Å². The predicted molar refractivity (Wildman–Crippen MR) is 121 cm³/mol. The Balaban J connectivity index is 1.62. The van der Waals surface area contributed by atoms with E-state index in [4.69, 9.17) is 4.52 Å². The molecule has 0 spiro atoms. The zero-order chi connectivity index (χ0) is 24.4. The number of sulfonamides is 1. The van der Waals surface area contributed by atoms with E-state index in [0.29, 0.717) is 28.3 Å². The van der Waals surface area contributed by atoms with Gasteiger partial charge in [0.15, 0.2) is 12.3 Å². The van der Waals surface area contributed by atoms with Gasteiger partial charge in [0, 0.05) is 36.0 Å². The summed E-state index contributed by atoms with van der Waals surface area (Å²) in [4.78, 5) is 27.8. The van der Waals surface area contributed by atoms with Crippen molar-refractivity contribution >= 4 is 33.2 Å². The summed E-state index contributed by atoms with van der Waals surface area (Å²) >= 11 is 0. The lowest BCUT2D eigenvalue weighted by atomic mass is 9.86. The van der Waals surface area contributed by atoms with E-state index in [2.05, 4.69) is 15.0 Å². The highest BCUT2D eigenvalue weighted by molar-refractivity contribution is 7.93. The van der Waals surface area contributed by atoms with Crippen molar-refractivity contribution in [3.8, 4) is 0 Å². The van der Waals surface area contributed by atoms with Gasteiger partial charge < -0.3 is 4.52 Å². The van der Waals surface area contributed by atoms with Crippen molar-refractivity contribution < 1.29 is 27.1 Å². The number of hydrogen-bond donors (Lipinski definition) is 1. The van der Waals surface area contributed by atoms with Crippen LogP contribution in [0.25, 0.3) is 5.57 Å². The average Bonchev–Trinajstić information content (AvgIpc) is 3.13. The summed E-state index contributed by atoms with van der Waals surface area (Å²) < 4.78 is 37.4. The second-order valence-electron chi connectivity index (χ2n) is 9.26. The Bertz CT molecular complexity index is 1420. The van der Waals surface area contributed by atoms with E-state index < -0.39 is 33.4 Å². The van der Waals surface area contributed by atoms with Gasteiger partial charge in [-0.05, 0) is 38.8 Å². The Morgan fingerprint density at radius 3 is 2.65 bits per heavy atom. The fourth-order valence-corrected chi connectivity index (χ4v) is 5.78. The van der Waals surface area contributed by atoms with Crippen molar-refractivity contribution in [2.45, 2.75) is 38.8 Å². The SMILES string of the molecule is Cc1cc(CN2C(=O)C3C=C(S(=O)(=O)NC4(C)CC4)C=C(c4cnn(C)c4)C3=[N+](C)C2=O)on1. The topological polar surface area (TPSA) is 130 Å². The number of allylic oxidation sites excluding steroid dienone is 2. The minimum absolute atomic E-state index is 0.0141. The molecule has 0 radical (unpaired) electrons. The minimum Gasteiger partial charge on any atom is -0.357 e. The standard InChI is InChI=1S/C22H25N6O5S/c1-13-7-15(33-24-13)12-28-20(29)18-9-16(34(31,32)25-22(2)5-6-22)8-17(14-10-23-26(3)11-14)19(18)27(4)21(28)30/h7-11,18,25H,5-6,12H2,1-4H3/q+1. The predicted octanol–water partition coefficient (Wildman–Crippen LogP) is 1.33. The van der Waals surface area contributed by atoms with Crippen molar-refractivity contribution in [2.24, 2.45) is 13.0 Å². The first-order chi connectivity index (χ1) is 16.0. The van der Waals surface area contributed by atoms with Crippen molar-refractivity contribution in [2.75, 3.05) is 7.05 Å². The van der Waals surface area contributed by atoms with Gasteiger partial charge in [-0.1, -0.05) is 5.16 Å². The van der Waals surface area contributed by atoms with E-state index in [-0.39, 0.29) is 11.4 Å². The maximum atomic E-state index is 13.6. The van der Waals surface area contributed by atoms with Gasteiger partial charge in [-0.25, -0.2) is 17.9 Å². The van der Waals surface area contributed by atoms with Crippen LogP contribution in [0.15, 0.2) is 40.0 Å². The highest BCUT2D eigenvalue weighted by Gasteiger charge is 2.50. The summed E-state index contributed by atoms with van der Waals surface area (Å²) in [6.45, 7) is 3.48. The Morgan fingerprint density at radius 1 is 1.32 bits per heavy atom. The Morgan fingerprint density at radius 2 is 2.06 bits per heavy atom. The molecule has 2 aliphatic carbocycles. The summed E-state index contributed by atoms with van der Waals surface area (Å²) in [5, 5.41) is 7.99. The monoisotopic (exact) mass is 485 g/mol. The van der Waals surface area contributed by atoms with E-state index in [9.17, 15) is 18.0 Å². The Kier molecular flexibility index (Phi) is 4.99. The molecule has 1 aliphatic heterocycles. The summed E-state index contributed by atoms with van der Waals surface area (Å²) in [6, 6.07) is 1.11. The molecule has 12 heteroatoms. The lowest BCUT2D eigenvalue weighted by Gasteiger charge is -2.29. The van der Waals surface area contributed by atoms with Gasteiger partial charge in [-0.3, -0.25) is 4.68 Å². The number of imide groups is 1. The van der Waals surface area contributed by atoms with Gasteiger partial charge >= 0.3 is 11.9 Å². The minimum atomic E-state index is -3.90. The molecule has 2 aromatic heterocycles. The Hall–Kier alpha value is -3.38. The summed E-state index contributed by atoms with van der Waals surface area (Å²) in [5.41, 5.74) is 1.62. The van der Waals surface area contributed by atoms with Crippen molar-refractivity contribution in [3.05, 3.63) is 52.5 Å². The molecule has 3 amide bonds. The summed E-state index contributed by atoms with van der Waals surface area (Å²) in [5.74, 6) is -1.16. The lowest BCUT2D eigenvalue weighted by Crippen LogP contribution is -2.54. The molecular formula is C22H25N6O5S+. The highest BCUT2D eigenvalue weighted by atomic mass is 32.2. The molecular weight excluding hydrogens is 460 g/mol. The number of nitrogens with one attached hydrogen (secondary N) is 1. The highest BCUT2D eigenvalue weighted by Crippen LogP contribution is 2.38. The van der Waals surface area contributed by atoms with Gasteiger partial charge in [0.25, 0.3) is 0 Å². The third-order valence-corrected chi connectivity index (χ3v) is 7.93. The number of rotatable bonds is 6. The summed E-state index contributed by atoms with van der Waals surface area (Å²) in [6.07, 6.45) is 7.71. The van der Waals surface area contributed by atoms with Crippen LogP contribution >= 0.6 is 0 Å². The molecule has 1 N–H and O–H groups in total. The zero-order valence-electron chi connectivity index (χ0n) is 19.3. The van der Waals surface area contributed by atoms with E-state index in [1.165, 1.54) is 16.7 Å². The van der Waals surface area contributed by atoms with Crippen molar-refractivity contribution in [1.82, 2.24) is 24.6 Å². The smallest absolute Gasteiger partial charge is 0.357 e. The molecule has 1 unspecified atom stereocenters. The molecule has 178 valence electrons. The number of aryl methyl sites for hydroxylation is 2. The number of nitrogens with zero attached hydrogens (tertiary/aromatic N) is 5. The van der Waals surface area contributed by atoms with Gasteiger partial charge in [0.1, 0.15) is 11.6 Å². The first-order valence-electron chi connectivity index (χ1n) is 10.8. The second kappa shape index (κ2) is 7.57. The number of hydrogen-bond acceptors (Lipinski definition) is 7. The molecule has 0 saturated heterocycles. The molecule has 34 heavy (non-hydrogen) atoms. The maximum absolute atomic E-state index is 13.6. The van der Waals surface area contributed by atoms with E-state index in [0.717, 1.165) is 17.7 Å².